The maximum absolute atomic E-state index is 13.4. The van der Waals surface area contributed by atoms with Crippen molar-refractivity contribution in [2.45, 2.75) is 6.54 Å². The van der Waals surface area contributed by atoms with Crippen molar-refractivity contribution in [3.63, 3.8) is 0 Å². The summed E-state index contributed by atoms with van der Waals surface area (Å²) < 4.78 is 39.6. The van der Waals surface area contributed by atoms with Gasteiger partial charge in [0.25, 0.3) is 0 Å². The van der Waals surface area contributed by atoms with Gasteiger partial charge in [-0.15, -0.1) is 0 Å². The first-order valence-corrected chi connectivity index (χ1v) is 5.43. The van der Waals surface area contributed by atoms with E-state index in [9.17, 15) is 13.2 Å². The molecular formula is C12H8ClF3N2. The van der Waals surface area contributed by atoms with Crippen LogP contribution >= 0.6 is 11.6 Å². The number of aromatic nitrogens is 1. The van der Waals surface area contributed by atoms with Crippen LogP contribution in [-0.2, 0) is 6.54 Å². The van der Waals surface area contributed by atoms with Crippen molar-refractivity contribution in [1.29, 1.82) is 0 Å². The lowest BCUT2D eigenvalue weighted by molar-refractivity contribution is 0.586. The summed E-state index contributed by atoms with van der Waals surface area (Å²) in [7, 11) is 0. The van der Waals surface area contributed by atoms with E-state index in [2.05, 4.69) is 10.3 Å². The van der Waals surface area contributed by atoms with Gasteiger partial charge in [-0.1, -0.05) is 11.6 Å². The minimum absolute atomic E-state index is 0.0666. The van der Waals surface area contributed by atoms with Crippen molar-refractivity contribution >= 4 is 17.4 Å². The third-order valence-electron chi connectivity index (χ3n) is 2.26. The Kier molecular flexibility index (Phi) is 3.72. The van der Waals surface area contributed by atoms with E-state index in [0.717, 1.165) is 24.3 Å². The molecule has 0 radical (unpaired) electrons. The standard InChI is InChI=1S/C12H8ClF3N2/c13-8-4-11(16)12(18-6-8)17-5-7-3-9(14)1-2-10(7)15/h1-4,6H,5H2,(H,17,18). The molecule has 0 bridgehead atoms. The van der Waals surface area contributed by atoms with Crippen molar-refractivity contribution in [3.8, 4) is 0 Å². The molecule has 0 aliphatic rings. The SMILES string of the molecule is Fc1ccc(F)c(CNc2ncc(Cl)cc2F)c1. The highest BCUT2D eigenvalue weighted by Crippen LogP contribution is 2.17. The second-order valence-corrected chi connectivity index (χ2v) is 4.01. The Morgan fingerprint density at radius 1 is 1.11 bits per heavy atom. The van der Waals surface area contributed by atoms with Crippen LogP contribution in [0.4, 0.5) is 19.0 Å². The third kappa shape index (κ3) is 2.92. The summed E-state index contributed by atoms with van der Waals surface area (Å²) in [4.78, 5) is 3.71. The van der Waals surface area contributed by atoms with Gasteiger partial charge in [-0.2, -0.15) is 0 Å². The largest absolute Gasteiger partial charge is 0.363 e. The smallest absolute Gasteiger partial charge is 0.166 e. The van der Waals surface area contributed by atoms with Crippen molar-refractivity contribution in [2.24, 2.45) is 0 Å². The highest BCUT2D eigenvalue weighted by Gasteiger charge is 2.07. The molecule has 1 heterocycles. The molecule has 0 saturated heterocycles. The monoisotopic (exact) mass is 272 g/mol. The van der Waals surface area contributed by atoms with Crippen LogP contribution in [0.2, 0.25) is 5.02 Å². The number of halogens is 4. The molecule has 0 saturated carbocycles. The number of benzene rings is 1. The minimum Gasteiger partial charge on any atom is -0.363 e. The summed E-state index contributed by atoms with van der Waals surface area (Å²) in [6.45, 7) is -0.0743. The van der Waals surface area contributed by atoms with Gasteiger partial charge in [0.2, 0.25) is 0 Å². The maximum atomic E-state index is 13.4. The summed E-state index contributed by atoms with van der Waals surface area (Å²) in [5, 5.41) is 2.74. The van der Waals surface area contributed by atoms with E-state index in [-0.39, 0.29) is 22.9 Å². The highest BCUT2D eigenvalue weighted by molar-refractivity contribution is 6.30. The van der Waals surface area contributed by atoms with Crippen LogP contribution < -0.4 is 5.32 Å². The highest BCUT2D eigenvalue weighted by atomic mass is 35.5. The Bertz CT molecular complexity index is 575. The fourth-order valence-electron chi connectivity index (χ4n) is 1.40. The number of pyridine rings is 1. The molecule has 94 valence electrons. The number of rotatable bonds is 3. The Labute approximate surface area is 106 Å². The molecule has 6 heteroatoms. The zero-order valence-electron chi connectivity index (χ0n) is 9.05. The molecule has 2 nitrogen and oxygen atoms in total. The van der Waals surface area contributed by atoms with Gasteiger partial charge < -0.3 is 5.32 Å². The van der Waals surface area contributed by atoms with E-state index in [1.165, 1.54) is 6.20 Å². The van der Waals surface area contributed by atoms with Crippen molar-refractivity contribution in [3.05, 3.63) is 58.5 Å². The Morgan fingerprint density at radius 3 is 2.61 bits per heavy atom. The van der Waals surface area contributed by atoms with Crippen LogP contribution in [0.25, 0.3) is 0 Å². The summed E-state index contributed by atoms with van der Waals surface area (Å²) in [5.41, 5.74) is 0.0890. The Balaban J connectivity index is 2.13. The van der Waals surface area contributed by atoms with Crippen molar-refractivity contribution in [1.82, 2.24) is 4.98 Å². The average molecular weight is 273 g/mol. The molecule has 1 N–H and O–H groups in total. The van der Waals surface area contributed by atoms with Gasteiger partial charge in [-0.25, -0.2) is 18.2 Å². The molecule has 0 aliphatic heterocycles. The first-order valence-electron chi connectivity index (χ1n) is 5.05. The van der Waals surface area contributed by atoms with Crippen LogP contribution in [-0.4, -0.2) is 4.98 Å². The molecule has 1 aromatic heterocycles. The summed E-state index contributed by atoms with van der Waals surface area (Å²) in [6.07, 6.45) is 1.26. The van der Waals surface area contributed by atoms with Crippen LogP contribution in [0.3, 0.4) is 0 Å². The maximum Gasteiger partial charge on any atom is 0.166 e. The second-order valence-electron chi connectivity index (χ2n) is 3.57. The number of anilines is 1. The summed E-state index contributed by atoms with van der Waals surface area (Å²) >= 11 is 5.54. The van der Waals surface area contributed by atoms with Gasteiger partial charge in [-0.3, -0.25) is 0 Å². The number of hydrogen-bond donors (Lipinski definition) is 1. The summed E-state index contributed by atoms with van der Waals surface area (Å²) in [5.74, 6) is -1.85. The normalized spacial score (nSPS) is 10.4. The molecular weight excluding hydrogens is 265 g/mol. The van der Waals surface area contributed by atoms with E-state index < -0.39 is 17.5 Å². The van der Waals surface area contributed by atoms with Crippen LogP contribution in [0.1, 0.15) is 5.56 Å². The Morgan fingerprint density at radius 2 is 1.89 bits per heavy atom. The molecule has 0 unspecified atom stereocenters. The third-order valence-corrected chi connectivity index (χ3v) is 2.47. The molecule has 2 aromatic rings. The molecule has 2 rings (SSSR count). The van der Waals surface area contributed by atoms with Gasteiger partial charge in [0, 0.05) is 18.3 Å². The van der Waals surface area contributed by atoms with E-state index >= 15 is 0 Å². The van der Waals surface area contributed by atoms with Crippen molar-refractivity contribution < 1.29 is 13.2 Å². The second kappa shape index (κ2) is 5.27. The molecule has 0 atom stereocenters. The van der Waals surface area contributed by atoms with Gasteiger partial charge >= 0.3 is 0 Å². The quantitative estimate of drug-likeness (QED) is 0.920. The zero-order valence-corrected chi connectivity index (χ0v) is 9.81. The van der Waals surface area contributed by atoms with Crippen LogP contribution in [0, 0.1) is 17.5 Å². The fraction of sp³-hybridized carbons (Fsp3) is 0.0833. The van der Waals surface area contributed by atoms with E-state index in [1.807, 2.05) is 0 Å². The Hall–Kier alpha value is -1.75. The van der Waals surface area contributed by atoms with Crippen LogP contribution in [0.15, 0.2) is 30.5 Å². The lowest BCUT2D eigenvalue weighted by Crippen LogP contribution is -2.05. The summed E-state index contributed by atoms with van der Waals surface area (Å²) in [6, 6.07) is 4.15. The molecule has 0 aliphatic carbocycles. The molecule has 18 heavy (non-hydrogen) atoms. The van der Waals surface area contributed by atoms with Gasteiger partial charge in [0.15, 0.2) is 11.6 Å². The topological polar surface area (TPSA) is 24.9 Å². The first-order chi connectivity index (χ1) is 8.56. The van der Waals surface area contributed by atoms with E-state index in [1.54, 1.807) is 0 Å². The molecule has 1 aromatic carbocycles. The molecule has 0 spiro atoms. The van der Waals surface area contributed by atoms with Gasteiger partial charge in [0.1, 0.15) is 11.6 Å². The van der Waals surface area contributed by atoms with Crippen molar-refractivity contribution in [2.75, 3.05) is 5.32 Å². The lowest BCUT2D eigenvalue weighted by Gasteiger charge is -2.07. The fourth-order valence-corrected chi connectivity index (χ4v) is 1.55. The average Bonchev–Trinajstić information content (AvgIpc) is 2.32. The number of nitrogens with one attached hydrogen (secondary N) is 1. The van der Waals surface area contributed by atoms with E-state index in [4.69, 9.17) is 11.6 Å². The molecule has 0 amide bonds. The van der Waals surface area contributed by atoms with Gasteiger partial charge in [-0.05, 0) is 24.3 Å². The number of nitrogens with zero attached hydrogens (tertiary/aromatic N) is 1. The predicted octanol–water partition coefficient (Wildman–Crippen LogP) is 3.76. The zero-order chi connectivity index (χ0) is 13.1. The molecule has 0 fully saturated rings. The van der Waals surface area contributed by atoms with Gasteiger partial charge in [0.05, 0.1) is 5.02 Å². The first kappa shape index (κ1) is 12.7. The van der Waals surface area contributed by atoms with E-state index in [0.29, 0.717) is 0 Å². The predicted molar refractivity (Wildman–Crippen MR) is 62.9 cm³/mol. The van der Waals surface area contributed by atoms with Crippen LogP contribution in [0.5, 0.6) is 0 Å². The number of hydrogen-bond acceptors (Lipinski definition) is 2. The lowest BCUT2D eigenvalue weighted by atomic mass is 10.2. The minimum atomic E-state index is -0.653.